The number of hydrogen-bond donors (Lipinski definition) is 0. The van der Waals surface area contributed by atoms with E-state index in [0.717, 1.165) is 32.2 Å². The predicted octanol–water partition coefficient (Wildman–Crippen LogP) is 6.83. The lowest BCUT2D eigenvalue weighted by Gasteiger charge is -2.13. The monoisotopic (exact) mass is 391 g/mol. The SMILES string of the molecule is CCCCCC=CCC=CCCCCCCCC(=O)OCCCN1CCCC1. The van der Waals surface area contributed by atoms with Crippen LogP contribution in [0.2, 0.25) is 0 Å². The number of esters is 1. The lowest BCUT2D eigenvalue weighted by atomic mass is 10.1. The molecule has 1 aliphatic rings. The molecule has 1 aliphatic heterocycles. The van der Waals surface area contributed by atoms with E-state index in [0.29, 0.717) is 13.0 Å². The Kier molecular flexibility index (Phi) is 17.1. The average Bonchev–Trinajstić information content (AvgIpc) is 3.22. The third-order valence-electron chi connectivity index (χ3n) is 5.41. The van der Waals surface area contributed by atoms with E-state index in [1.54, 1.807) is 0 Å². The first-order valence-corrected chi connectivity index (χ1v) is 12.0. The summed E-state index contributed by atoms with van der Waals surface area (Å²) < 4.78 is 5.34. The van der Waals surface area contributed by atoms with E-state index in [1.165, 1.54) is 77.3 Å². The van der Waals surface area contributed by atoms with Crippen molar-refractivity contribution in [1.29, 1.82) is 0 Å². The van der Waals surface area contributed by atoms with Crippen molar-refractivity contribution in [2.45, 2.75) is 103 Å². The number of carbonyl (C=O) groups is 1. The minimum atomic E-state index is -0.00731. The van der Waals surface area contributed by atoms with Gasteiger partial charge in [0.2, 0.25) is 0 Å². The van der Waals surface area contributed by atoms with Crippen LogP contribution in [0.3, 0.4) is 0 Å². The van der Waals surface area contributed by atoms with Gasteiger partial charge >= 0.3 is 5.97 Å². The Labute approximate surface area is 174 Å². The second kappa shape index (κ2) is 19.2. The standard InChI is InChI=1S/C25H45NO2/c1-2-3-4-5-6-7-8-9-10-11-12-13-14-15-16-20-25(27)28-24-19-23-26-21-17-18-22-26/h6-7,9-10H,2-5,8,11-24H2,1H3. The summed E-state index contributed by atoms with van der Waals surface area (Å²) in [6.45, 7) is 6.37. The van der Waals surface area contributed by atoms with Gasteiger partial charge in [0.05, 0.1) is 6.61 Å². The highest BCUT2D eigenvalue weighted by Gasteiger charge is 2.10. The topological polar surface area (TPSA) is 29.5 Å². The summed E-state index contributed by atoms with van der Waals surface area (Å²) in [5.41, 5.74) is 0. The maximum absolute atomic E-state index is 11.7. The van der Waals surface area contributed by atoms with E-state index < -0.39 is 0 Å². The first-order chi connectivity index (χ1) is 13.8. The number of ether oxygens (including phenoxy) is 1. The van der Waals surface area contributed by atoms with Crippen LogP contribution in [0.1, 0.15) is 103 Å². The molecule has 1 rings (SSSR count). The normalized spacial score (nSPS) is 15.2. The quantitative estimate of drug-likeness (QED) is 0.146. The lowest BCUT2D eigenvalue weighted by molar-refractivity contribution is -0.143. The third kappa shape index (κ3) is 15.9. The minimum absolute atomic E-state index is 0.00731. The van der Waals surface area contributed by atoms with Gasteiger partial charge in [0.25, 0.3) is 0 Å². The Morgan fingerprint density at radius 1 is 0.821 bits per heavy atom. The van der Waals surface area contributed by atoms with Crippen LogP contribution in [0.15, 0.2) is 24.3 Å². The smallest absolute Gasteiger partial charge is 0.305 e. The van der Waals surface area contributed by atoms with Crippen LogP contribution >= 0.6 is 0 Å². The number of carbonyl (C=O) groups excluding carboxylic acids is 1. The molecular weight excluding hydrogens is 346 g/mol. The second-order valence-electron chi connectivity index (χ2n) is 8.10. The molecule has 1 fully saturated rings. The molecule has 1 saturated heterocycles. The first kappa shape index (κ1) is 24.9. The summed E-state index contributed by atoms with van der Waals surface area (Å²) in [5.74, 6) is -0.00731. The van der Waals surface area contributed by atoms with Crippen LogP contribution in [-0.4, -0.2) is 37.1 Å². The molecule has 162 valence electrons. The van der Waals surface area contributed by atoms with Crippen molar-refractivity contribution in [3.05, 3.63) is 24.3 Å². The van der Waals surface area contributed by atoms with E-state index in [9.17, 15) is 4.79 Å². The highest BCUT2D eigenvalue weighted by atomic mass is 16.5. The molecular formula is C25H45NO2. The van der Waals surface area contributed by atoms with Crippen molar-refractivity contribution >= 4 is 5.97 Å². The molecule has 0 unspecified atom stereocenters. The van der Waals surface area contributed by atoms with Crippen molar-refractivity contribution in [3.63, 3.8) is 0 Å². The maximum Gasteiger partial charge on any atom is 0.305 e. The van der Waals surface area contributed by atoms with Gasteiger partial charge in [-0.05, 0) is 70.9 Å². The molecule has 0 spiro atoms. The zero-order chi connectivity index (χ0) is 20.1. The van der Waals surface area contributed by atoms with E-state index in [-0.39, 0.29) is 5.97 Å². The predicted molar refractivity (Wildman–Crippen MR) is 121 cm³/mol. The maximum atomic E-state index is 11.7. The zero-order valence-electron chi connectivity index (χ0n) is 18.5. The van der Waals surface area contributed by atoms with Crippen molar-refractivity contribution < 1.29 is 9.53 Å². The summed E-state index contributed by atoms with van der Waals surface area (Å²) in [6.07, 6.45) is 26.8. The summed E-state index contributed by atoms with van der Waals surface area (Å²) >= 11 is 0. The fourth-order valence-corrected chi connectivity index (χ4v) is 3.63. The number of unbranched alkanes of at least 4 members (excludes halogenated alkanes) is 8. The molecule has 0 aliphatic carbocycles. The molecule has 3 heteroatoms. The van der Waals surface area contributed by atoms with Gasteiger partial charge in [-0.3, -0.25) is 4.79 Å². The molecule has 0 aromatic carbocycles. The van der Waals surface area contributed by atoms with Crippen molar-refractivity contribution in [3.8, 4) is 0 Å². The molecule has 0 N–H and O–H groups in total. The highest BCUT2D eigenvalue weighted by Crippen LogP contribution is 2.10. The van der Waals surface area contributed by atoms with Gasteiger partial charge < -0.3 is 9.64 Å². The van der Waals surface area contributed by atoms with Crippen LogP contribution in [-0.2, 0) is 9.53 Å². The van der Waals surface area contributed by atoms with Crippen LogP contribution < -0.4 is 0 Å². The Balaban J connectivity index is 1.78. The van der Waals surface area contributed by atoms with Crippen LogP contribution in [0.4, 0.5) is 0 Å². The molecule has 0 radical (unpaired) electrons. The number of likely N-dealkylation sites (tertiary alicyclic amines) is 1. The molecule has 0 aromatic heterocycles. The van der Waals surface area contributed by atoms with Gasteiger partial charge in [0, 0.05) is 13.0 Å². The number of nitrogens with zero attached hydrogens (tertiary/aromatic N) is 1. The van der Waals surface area contributed by atoms with Gasteiger partial charge in [-0.25, -0.2) is 0 Å². The Bertz CT molecular complexity index is 411. The number of allylic oxidation sites excluding steroid dienone is 4. The summed E-state index contributed by atoms with van der Waals surface area (Å²) in [6, 6.07) is 0. The molecule has 28 heavy (non-hydrogen) atoms. The largest absolute Gasteiger partial charge is 0.466 e. The molecule has 0 amide bonds. The average molecular weight is 392 g/mol. The minimum Gasteiger partial charge on any atom is -0.466 e. The van der Waals surface area contributed by atoms with E-state index in [2.05, 4.69) is 36.1 Å². The van der Waals surface area contributed by atoms with Crippen LogP contribution in [0, 0.1) is 0 Å². The van der Waals surface area contributed by atoms with Gasteiger partial charge in [-0.15, -0.1) is 0 Å². The lowest BCUT2D eigenvalue weighted by Crippen LogP contribution is -2.22. The fourth-order valence-electron chi connectivity index (χ4n) is 3.63. The first-order valence-electron chi connectivity index (χ1n) is 12.0. The van der Waals surface area contributed by atoms with Gasteiger partial charge in [0.15, 0.2) is 0 Å². The van der Waals surface area contributed by atoms with Crippen molar-refractivity contribution in [1.82, 2.24) is 4.90 Å². The summed E-state index contributed by atoms with van der Waals surface area (Å²) in [7, 11) is 0. The molecule has 0 aromatic rings. The highest BCUT2D eigenvalue weighted by molar-refractivity contribution is 5.69. The Morgan fingerprint density at radius 2 is 1.46 bits per heavy atom. The van der Waals surface area contributed by atoms with Crippen molar-refractivity contribution in [2.75, 3.05) is 26.2 Å². The molecule has 3 nitrogen and oxygen atoms in total. The Hall–Kier alpha value is -1.09. The van der Waals surface area contributed by atoms with Gasteiger partial charge in [-0.2, -0.15) is 0 Å². The van der Waals surface area contributed by atoms with E-state index in [4.69, 9.17) is 4.74 Å². The van der Waals surface area contributed by atoms with Crippen LogP contribution in [0.5, 0.6) is 0 Å². The molecule has 0 atom stereocenters. The molecule has 1 heterocycles. The summed E-state index contributed by atoms with van der Waals surface area (Å²) in [5, 5.41) is 0. The van der Waals surface area contributed by atoms with Crippen LogP contribution in [0.25, 0.3) is 0 Å². The second-order valence-corrected chi connectivity index (χ2v) is 8.10. The van der Waals surface area contributed by atoms with Gasteiger partial charge in [0.1, 0.15) is 0 Å². The van der Waals surface area contributed by atoms with E-state index >= 15 is 0 Å². The summed E-state index contributed by atoms with van der Waals surface area (Å²) in [4.78, 5) is 14.2. The number of hydrogen-bond acceptors (Lipinski definition) is 3. The van der Waals surface area contributed by atoms with E-state index in [1.807, 2.05) is 0 Å². The third-order valence-corrected chi connectivity index (χ3v) is 5.41. The van der Waals surface area contributed by atoms with Crippen molar-refractivity contribution in [2.24, 2.45) is 0 Å². The molecule has 0 bridgehead atoms. The molecule has 0 saturated carbocycles. The Morgan fingerprint density at radius 3 is 2.18 bits per heavy atom. The zero-order valence-corrected chi connectivity index (χ0v) is 18.5. The number of rotatable bonds is 18. The fraction of sp³-hybridized carbons (Fsp3) is 0.800. The van der Waals surface area contributed by atoms with Gasteiger partial charge in [-0.1, -0.05) is 63.3 Å².